The number of para-hydroxylation sites is 1. The van der Waals surface area contributed by atoms with Crippen molar-refractivity contribution in [2.24, 2.45) is 0 Å². The van der Waals surface area contributed by atoms with Gasteiger partial charge < -0.3 is 10.5 Å². The molecule has 0 fully saturated rings. The van der Waals surface area contributed by atoms with Crippen LogP contribution in [0.15, 0.2) is 60.7 Å². The van der Waals surface area contributed by atoms with Crippen LogP contribution in [0.2, 0.25) is 0 Å². The Balaban J connectivity index is 1.78. The molecular formula is C17H17N3O. The first-order valence-electron chi connectivity index (χ1n) is 6.82. The Morgan fingerprint density at radius 1 is 1.00 bits per heavy atom. The molecule has 2 N–H and O–H groups in total. The van der Waals surface area contributed by atoms with Crippen molar-refractivity contribution in [1.82, 2.24) is 9.78 Å². The molecule has 0 spiro atoms. The van der Waals surface area contributed by atoms with Crippen molar-refractivity contribution in [2.75, 3.05) is 5.73 Å². The molecule has 3 rings (SSSR count). The van der Waals surface area contributed by atoms with Gasteiger partial charge in [-0.3, -0.25) is 0 Å². The Bertz CT molecular complexity index is 735. The maximum absolute atomic E-state index is 5.92. The monoisotopic (exact) mass is 279 g/mol. The number of anilines is 1. The Kier molecular flexibility index (Phi) is 3.60. The Labute approximate surface area is 123 Å². The molecule has 0 radical (unpaired) electrons. The third-order valence-corrected chi connectivity index (χ3v) is 3.14. The SMILES string of the molecule is Cc1cc(N)n(Cc2cccc(Oc3ccccc3)c2)n1. The lowest BCUT2D eigenvalue weighted by Gasteiger charge is -2.08. The molecule has 1 aromatic heterocycles. The molecule has 4 heteroatoms. The molecule has 21 heavy (non-hydrogen) atoms. The highest BCUT2D eigenvalue weighted by atomic mass is 16.5. The van der Waals surface area contributed by atoms with Gasteiger partial charge in [-0.25, -0.2) is 4.68 Å². The summed E-state index contributed by atoms with van der Waals surface area (Å²) in [6.45, 7) is 2.56. The zero-order valence-corrected chi connectivity index (χ0v) is 11.9. The average molecular weight is 279 g/mol. The van der Waals surface area contributed by atoms with Crippen LogP contribution in [0, 0.1) is 6.92 Å². The molecule has 0 aliphatic rings. The Morgan fingerprint density at radius 3 is 2.48 bits per heavy atom. The molecule has 0 aliphatic carbocycles. The number of benzene rings is 2. The van der Waals surface area contributed by atoms with E-state index in [1.807, 2.05) is 67.6 Å². The lowest BCUT2D eigenvalue weighted by atomic mass is 10.2. The van der Waals surface area contributed by atoms with Gasteiger partial charge in [-0.05, 0) is 36.8 Å². The van der Waals surface area contributed by atoms with Crippen LogP contribution in [0.4, 0.5) is 5.82 Å². The second-order valence-corrected chi connectivity index (χ2v) is 4.93. The van der Waals surface area contributed by atoms with Gasteiger partial charge in [0, 0.05) is 6.07 Å². The number of nitrogens with two attached hydrogens (primary N) is 1. The van der Waals surface area contributed by atoms with E-state index in [4.69, 9.17) is 10.5 Å². The van der Waals surface area contributed by atoms with E-state index >= 15 is 0 Å². The lowest BCUT2D eigenvalue weighted by Crippen LogP contribution is -2.05. The van der Waals surface area contributed by atoms with Crippen LogP contribution in [-0.4, -0.2) is 9.78 Å². The Hall–Kier alpha value is -2.75. The smallest absolute Gasteiger partial charge is 0.127 e. The van der Waals surface area contributed by atoms with E-state index in [0.29, 0.717) is 12.4 Å². The van der Waals surface area contributed by atoms with Gasteiger partial charge in [0.1, 0.15) is 17.3 Å². The number of hydrogen-bond donors (Lipinski definition) is 1. The molecular weight excluding hydrogens is 262 g/mol. The first-order chi connectivity index (χ1) is 10.2. The van der Waals surface area contributed by atoms with Crippen molar-refractivity contribution < 1.29 is 4.74 Å². The largest absolute Gasteiger partial charge is 0.457 e. The standard InChI is InChI=1S/C17H17N3O/c1-13-10-17(18)20(19-13)12-14-6-5-9-16(11-14)21-15-7-3-2-4-8-15/h2-11H,12,18H2,1H3. The van der Waals surface area contributed by atoms with E-state index in [1.165, 1.54) is 0 Å². The highest BCUT2D eigenvalue weighted by Crippen LogP contribution is 2.22. The fourth-order valence-electron chi connectivity index (χ4n) is 2.20. The highest BCUT2D eigenvalue weighted by molar-refractivity contribution is 5.36. The van der Waals surface area contributed by atoms with E-state index in [9.17, 15) is 0 Å². The summed E-state index contributed by atoms with van der Waals surface area (Å²) in [6.07, 6.45) is 0. The summed E-state index contributed by atoms with van der Waals surface area (Å²) in [5, 5.41) is 4.37. The number of hydrogen-bond acceptors (Lipinski definition) is 3. The molecule has 0 atom stereocenters. The number of aromatic nitrogens is 2. The van der Waals surface area contributed by atoms with Crippen molar-refractivity contribution in [2.45, 2.75) is 13.5 Å². The van der Waals surface area contributed by atoms with Gasteiger partial charge in [-0.1, -0.05) is 30.3 Å². The minimum absolute atomic E-state index is 0.631. The van der Waals surface area contributed by atoms with E-state index in [-0.39, 0.29) is 0 Å². The van der Waals surface area contributed by atoms with Gasteiger partial charge in [-0.2, -0.15) is 5.10 Å². The second-order valence-electron chi connectivity index (χ2n) is 4.93. The molecule has 2 aromatic carbocycles. The maximum atomic E-state index is 5.92. The summed E-state index contributed by atoms with van der Waals surface area (Å²) >= 11 is 0. The number of ether oxygens (including phenoxy) is 1. The normalized spacial score (nSPS) is 10.5. The van der Waals surface area contributed by atoms with Crippen LogP contribution in [0.3, 0.4) is 0 Å². The number of nitrogen functional groups attached to an aromatic ring is 1. The summed E-state index contributed by atoms with van der Waals surface area (Å²) in [5.41, 5.74) is 7.94. The van der Waals surface area contributed by atoms with Gasteiger partial charge in [0.2, 0.25) is 0 Å². The summed E-state index contributed by atoms with van der Waals surface area (Å²) in [6, 6.07) is 19.5. The van der Waals surface area contributed by atoms with Crippen molar-refractivity contribution >= 4 is 5.82 Å². The zero-order chi connectivity index (χ0) is 14.7. The van der Waals surface area contributed by atoms with Crippen molar-refractivity contribution in [3.05, 3.63) is 71.9 Å². The molecule has 0 saturated carbocycles. The van der Waals surface area contributed by atoms with Gasteiger partial charge in [-0.15, -0.1) is 0 Å². The van der Waals surface area contributed by atoms with Crippen LogP contribution >= 0.6 is 0 Å². The molecule has 0 aliphatic heterocycles. The minimum Gasteiger partial charge on any atom is -0.457 e. The third-order valence-electron chi connectivity index (χ3n) is 3.14. The van der Waals surface area contributed by atoms with Gasteiger partial charge in [0.15, 0.2) is 0 Å². The van der Waals surface area contributed by atoms with E-state index in [1.54, 1.807) is 4.68 Å². The van der Waals surface area contributed by atoms with Crippen LogP contribution in [0.25, 0.3) is 0 Å². The lowest BCUT2D eigenvalue weighted by molar-refractivity contribution is 0.481. The molecule has 3 aromatic rings. The molecule has 0 amide bonds. The maximum Gasteiger partial charge on any atom is 0.127 e. The summed E-state index contributed by atoms with van der Waals surface area (Å²) in [7, 11) is 0. The predicted molar refractivity (Wildman–Crippen MR) is 83.4 cm³/mol. The van der Waals surface area contributed by atoms with Crippen LogP contribution in [0.5, 0.6) is 11.5 Å². The molecule has 1 heterocycles. The second kappa shape index (κ2) is 5.71. The number of rotatable bonds is 4. The van der Waals surface area contributed by atoms with E-state index in [2.05, 4.69) is 5.10 Å². The van der Waals surface area contributed by atoms with E-state index in [0.717, 1.165) is 22.8 Å². The minimum atomic E-state index is 0.631. The number of nitrogens with zero attached hydrogens (tertiary/aromatic N) is 2. The van der Waals surface area contributed by atoms with Crippen molar-refractivity contribution in [3.8, 4) is 11.5 Å². The van der Waals surface area contributed by atoms with Crippen molar-refractivity contribution in [3.63, 3.8) is 0 Å². The molecule has 0 bridgehead atoms. The summed E-state index contributed by atoms with van der Waals surface area (Å²) in [4.78, 5) is 0. The van der Waals surface area contributed by atoms with Crippen LogP contribution in [-0.2, 0) is 6.54 Å². The van der Waals surface area contributed by atoms with Gasteiger partial charge >= 0.3 is 0 Å². The van der Waals surface area contributed by atoms with Gasteiger partial charge in [0.05, 0.1) is 12.2 Å². The predicted octanol–water partition coefficient (Wildman–Crippen LogP) is 3.61. The topological polar surface area (TPSA) is 53.1 Å². The van der Waals surface area contributed by atoms with Crippen LogP contribution < -0.4 is 10.5 Å². The van der Waals surface area contributed by atoms with E-state index < -0.39 is 0 Å². The molecule has 106 valence electrons. The fourth-order valence-corrected chi connectivity index (χ4v) is 2.20. The van der Waals surface area contributed by atoms with Crippen LogP contribution in [0.1, 0.15) is 11.3 Å². The van der Waals surface area contributed by atoms with Crippen molar-refractivity contribution in [1.29, 1.82) is 0 Å². The first-order valence-corrected chi connectivity index (χ1v) is 6.82. The molecule has 0 saturated heterocycles. The fraction of sp³-hybridized carbons (Fsp3) is 0.118. The average Bonchev–Trinajstić information content (AvgIpc) is 2.78. The molecule has 4 nitrogen and oxygen atoms in total. The van der Waals surface area contributed by atoms with Gasteiger partial charge in [0.25, 0.3) is 0 Å². The summed E-state index contributed by atoms with van der Waals surface area (Å²) < 4.78 is 7.62. The first kappa shape index (κ1) is 13.2. The highest BCUT2D eigenvalue weighted by Gasteiger charge is 2.04. The number of aryl methyl sites for hydroxylation is 1. The quantitative estimate of drug-likeness (QED) is 0.793. The summed E-state index contributed by atoms with van der Waals surface area (Å²) in [5.74, 6) is 2.30. The zero-order valence-electron chi connectivity index (χ0n) is 11.9. The molecule has 0 unspecified atom stereocenters. The third kappa shape index (κ3) is 3.23. The Morgan fingerprint density at radius 2 is 1.76 bits per heavy atom.